The lowest BCUT2D eigenvalue weighted by molar-refractivity contribution is 0.0784. The number of benzene rings is 1. The largest absolute Gasteiger partial charge is 0.337 e. The zero-order chi connectivity index (χ0) is 13.1. The first-order valence-corrected chi connectivity index (χ1v) is 5.86. The van der Waals surface area contributed by atoms with E-state index in [4.69, 9.17) is 0 Å². The molecule has 18 heavy (non-hydrogen) atoms. The molecule has 2 aromatic rings. The summed E-state index contributed by atoms with van der Waals surface area (Å²) in [7, 11) is 3.68. The van der Waals surface area contributed by atoms with E-state index < -0.39 is 0 Å². The number of amides is 1. The summed E-state index contributed by atoms with van der Waals surface area (Å²) in [6.45, 7) is 2.52. The SMILES string of the molecule is Cc1ccccc1C(=O)N(C)Cc1cnn(C)c1. The van der Waals surface area contributed by atoms with Gasteiger partial charge in [0.15, 0.2) is 0 Å². The van der Waals surface area contributed by atoms with E-state index in [-0.39, 0.29) is 5.91 Å². The van der Waals surface area contributed by atoms with Crippen molar-refractivity contribution in [2.75, 3.05) is 7.05 Å². The van der Waals surface area contributed by atoms with E-state index in [9.17, 15) is 4.79 Å². The minimum Gasteiger partial charge on any atom is -0.337 e. The Bertz CT molecular complexity index is 560. The number of carbonyl (C=O) groups is 1. The van der Waals surface area contributed by atoms with Gasteiger partial charge in [-0.2, -0.15) is 5.10 Å². The number of hydrogen-bond donors (Lipinski definition) is 0. The normalized spacial score (nSPS) is 10.4. The van der Waals surface area contributed by atoms with Gasteiger partial charge in [-0.15, -0.1) is 0 Å². The Morgan fingerprint density at radius 3 is 2.72 bits per heavy atom. The van der Waals surface area contributed by atoms with E-state index in [0.29, 0.717) is 6.54 Å². The van der Waals surface area contributed by atoms with Crippen molar-refractivity contribution in [3.05, 3.63) is 53.3 Å². The van der Waals surface area contributed by atoms with Crippen molar-refractivity contribution < 1.29 is 4.79 Å². The summed E-state index contributed by atoms with van der Waals surface area (Å²) in [5.41, 5.74) is 2.78. The summed E-state index contributed by atoms with van der Waals surface area (Å²) in [6.07, 6.45) is 3.70. The molecule has 0 saturated heterocycles. The van der Waals surface area contributed by atoms with Crippen LogP contribution in [0, 0.1) is 6.92 Å². The standard InChI is InChI=1S/C14H17N3O/c1-11-6-4-5-7-13(11)14(18)16(2)9-12-8-15-17(3)10-12/h4-8,10H,9H2,1-3H3. The maximum Gasteiger partial charge on any atom is 0.254 e. The molecule has 0 spiro atoms. The smallest absolute Gasteiger partial charge is 0.254 e. The van der Waals surface area contributed by atoms with Gasteiger partial charge in [0.25, 0.3) is 5.91 Å². The van der Waals surface area contributed by atoms with Crippen LogP contribution in [0.15, 0.2) is 36.7 Å². The molecule has 0 aliphatic carbocycles. The highest BCUT2D eigenvalue weighted by Gasteiger charge is 2.14. The fraction of sp³-hybridized carbons (Fsp3) is 0.286. The van der Waals surface area contributed by atoms with Gasteiger partial charge < -0.3 is 4.90 Å². The molecule has 4 heteroatoms. The predicted octanol–water partition coefficient (Wildman–Crippen LogP) is 2.00. The van der Waals surface area contributed by atoms with Gasteiger partial charge in [-0.25, -0.2) is 0 Å². The van der Waals surface area contributed by atoms with E-state index in [1.54, 1.807) is 15.8 Å². The van der Waals surface area contributed by atoms with Gasteiger partial charge >= 0.3 is 0 Å². The van der Waals surface area contributed by atoms with Crippen LogP contribution in [0.3, 0.4) is 0 Å². The van der Waals surface area contributed by atoms with Gasteiger partial charge in [0.2, 0.25) is 0 Å². The maximum absolute atomic E-state index is 12.3. The van der Waals surface area contributed by atoms with Gasteiger partial charge in [-0.05, 0) is 18.6 Å². The average Bonchev–Trinajstić information content (AvgIpc) is 2.74. The van der Waals surface area contributed by atoms with Crippen molar-refractivity contribution >= 4 is 5.91 Å². The summed E-state index contributed by atoms with van der Waals surface area (Å²) >= 11 is 0. The van der Waals surface area contributed by atoms with Crippen LogP contribution < -0.4 is 0 Å². The third-order valence-corrected chi connectivity index (χ3v) is 2.90. The van der Waals surface area contributed by atoms with Crippen LogP contribution in [0.5, 0.6) is 0 Å². The monoisotopic (exact) mass is 243 g/mol. The predicted molar refractivity (Wildman–Crippen MR) is 70.2 cm³/mol. The second-order valence-corrected chi connectivity index (χ2v) is 4.50. The molecule has 1 aromatic carbocycles. The molecule has 1 amide bonds. The first kappa shape index (κ1) is 12.4. The first-order chi connectivity index (χ1) is 8.58. The molecule has 0 aliphatic rings. The third kappa shape index (κ3) is 2.59. The molecule has 0 fully saturated rings. The van der Waals surface area contributed by atoms with Gasteiger partial charge in [0.05, 0.1) is 6.20 Å². The van der Waals surface area contributed by atoms with E-state index in [1.807, 2.05) is 51.5 Å². The van der Waals surface area contributed by atoms with Crippen molar-refractivity contribution in [1.29, 1.82) is 0 Å². The van der Waals surface area contributed by atoms with E-state index in [0.717, 1.165) is 16.7 Å². The Balaban J connectivity index is 2.12. The molecule has 0 bridgehead atoms. The van der Waals surface area contributed by atoms with Crippen LogP contribution in [0.25, 0.3) is 0 Å². The van der Waals surface area contributed by atoms with E-state index in [1.165, 1.54) is 0 Å². The zero-order valence-electron chi connectivity index (χ0n) is 10.9. The van der Waals surface area contributed by atoms with Crippen LogP contribution in [0.2, 0.25) is 0 Å². The fourth-order valence-electron chi connectivity index (χ4n) is 1.92. The van der Waals surface area contributed by atoms with Gasteiger partial charge in [0, 0.05) is 38.0 Å². The molecule has 0 radical (unpaired) electrons. The second-order valence-electron chi connectivity index (χ2n) is 4.50. The summed E-state index contributed by atoms with van der Waals surface area (Å²) in [5.74, 6) is 0.0388. The topological polar surface area (TPSA) is 38.1 Å². The van der Waals surface area contributed by atoms with E-state index in [2.05, 4.69) is 5.10 Å². The minimum absolute atomic E-state index is 0.0388. The van der Waals surface area contributed by atoms with Crippen molar-refractivity contribution in [3.8, 4) is 0 Å². The minimum atomic E-state index is 0.0388. The molecule has 0 N–H and O–H groups in total. The molecule has 2 rings (SSSR count). The highest BCUT2D eigenvalue weighted by atomic mass is 16.2. The highest BCUT2D eigenvalue weighted by molar-refractivity contribution is 5.95. The lowest BCUT2D eigenvalue weighted by atomic mass is 10.1. The van der Waals surface area contributed by atoms with Crippen LogP contribution in [-0.2, 0) is 13.6 Å². The van der Waals surface area contributed by atoms with Gasteiger partial charge in [-0.3, -0.25) is 9.48 Å². The highest BCUT2D eigenvalue weighted by Crippen LogP contribution is 2.11. The number of hydrogen-bond acceptors (Lipinski definition) is 2. The Morgan fingerprint density at radius 1 is 1.39 bits per heavy atom. The molecule has 1 aromatic heterocycles. The Hall–Kier alpha value is -2.10. The zero-order valence-corrected chi connectivity index (χ0v) is 10.9. The molecule has 0 saturated carbocycles. The molecular formula is C14H17N3O. The van der Waals surface area contributed by atoms with Gasteiger partial charge in [0.1, 0.15) is 0 Å². The Labute approximate surface area is 107 Å². The first-order valence-electron chi connectivity index (χ1n) is 5.86. The molecular weight excluding hydrogens is 226 g/mol. The van der Waals surface area contributed by atoms with Crippen molar-refractivity contribution in [3.63, 3.8) is 0 Å². The molecule has 0 aliphatic heterocycles. The molecule has 94 valence electrons. The maximum atomic E-state index is 12.3. The van der Waals surface area contributed by atoms with Crippen molar-refractivity contribution in [2.45, 2.75) is 13.5 Å². The summed E-state index contributed by atoms with van der Waals surface area (Å²) < 4.78 is 1.74. The summed E-state index contributed by atoms with van der Waals surface area (Å²) in [6, 6.07) is 7.63. The van der Waals surface area contributed by atoms with Crippen LogP contribution in [-0.4, -0.2) is 27.6 Å². The number of aromatic nitrogens is 2. The second kappa shape index (κ2) is 5.04. The fourth-order valence-corrected chi connectivity index (χ4v) is 1.92. The summed E-state index contributed by atoms with van der Waals surface area (Å²) in [5, 5.41) is 4.10. The quantitative estimate of drug-likeness (QED) is 0.827. The van der Waals surface area contributed by atoms with E-state index >= 15 is 0 Å². The lowest BCUT2D eigenvalue weighted by Gasteiger charge is -2.17. The van der Waals surface area contributed by atoms with Crippen molar-refractivity contribution in [2.24, 2.45) is 7.05 Å². The number of nitrogens with zero attached hydrogens (tertiary/aromatic N) is 3. The third-order valence-electron chi connectivity index (χ3n) is 2.90. The number of aryl methyl sites for hydroxylation is 2. The number of carbonyl (C=O) groups excluding carboxylic acids is 1. The molecule has 0 atom stereocenters. The average molecular weight is 243 g/mol. The Kier molecular flexibility index (Phi) is 3.46. The van der Waals surface area contributed by atoms with Crippen LogP contribution >= 0.6 is 0 Å². The van der Waals surface area contributed by atoms with Crippen LogP contribution in [0.1, 0.15) is 21.5 Å². The number of rotatable bonds is 3. The summed E-state index contributed by atoms with van der Waals surface area (Å²) in [4.78, 5) is 14.0. The Morgan fingerprint density at radius 2 is 2.11 bits per heavy atom. The van der Waals surface area contributed by atoms with Crippen molar-refractivity contribution in [1.82, 2.24) is 14.7 Å². The molecule has 0 unspecified atom stereocenters. The lowest BCUT2D eigenvalue weighted by Crippen LogP contribution is -2.26. The van der Waals surface area contributed by atoms with Gasteiger partial charge in [-0.1, -0.05) is 18.2 Å². The van der Waals surface area contributed by atoms with Crippen LogP contribution in [0.4, 0.5) is 0 Å². The molecule has 4 nitrogen and oxygen atoms in total. The molecule has 1 heterocycles.